The quantitative estimate of drug-likeness (QED) is 0.701. The van der Waals surface area contributed by atoms with Crippen molar-refractivity contribution in [3.8, 4) is 5.75 Å². The topological polar surface area (TPSA) is 58.6 Å². The molecule has 6 heteroatoms. The summed E-state index contributed by atoms with van der Waals surface area (Å²) in [6, 6.07) is 7.44. The zero-order valence-electron chi connectivity index (χ0n) is 12.4. The number of ether oxygens (including phenoxy) is 1. The van der Waals surface area contributed by atoms with Crippen molar-refractivity contribution >= 4 is 10.0 Å². The standard InChI is InChI=1S/C14H24N2O3S/c1-4-8-15-9-10-20(17,18)16(2)12-13-6-5-7-14(11-13)19-3/h5-7,11,15H,4,8-10,12H2,1-3H3. The number of sulfonamides is 1. The number of nitrogens with one attached hydrogen (secondary N) is 1. The van der Waals surface area contributed by atoms with Gasteiger partial charge in [0.25, 0.3) is 0 Å². The van der Waals surface area contributed by atoms with Crippen molar-refractivity contribution in [2.75, 3.05) is 33.0 Å². The highest BCUT2D eigenvalue weighted by molar-refractivity contribution is 7.89. The second-order valence-electron chi connectivity index (χ2n) is 4.67. The van der Waals surface area contributed by atoms with Crippen molar-refractivity contribution in [2.24, 2.45) is 0 Å². The summed E-state index contributed by atoms with van der Waals surface area (Å²) in [5.74, 6) is 0.853. The fourth-order valence-corrected chi connectivity index (χ4v) is 2.84. The Morgan fingerprint density at radius 2 is 2.05 bits per heavy atom. The third-order valence-corrected chi connectivity index (χ3v) is 4.78. The average molecular weight is 300 g/mol. The molecule has 0 aliphatic heterocycles. The maximum absolute atomic E-state index is 12.1. The monoisotopic (exact) mass is 300 g/mol. The van der Waals surface area contributed by atoms with Gasteiger partial charge in [0.1, 0.15) is 5.75 Å². The van der Waals surface area contributed by atoms with Gasteiger partial charge in [0.05, 0.1) is 12.9 Å². The zero-order valence-corrected chi connectivity index (χ0v) is 13.2. The van der Waals surface area contributed by atoms with E-state index >= 15 is 0 Å². The Bertz CT molecular complexity index is 503. The summed E-state index contributed by atoms with van der Waals surface area (Å²) >= 11 is 0. The summed E-state index contributed by atoms with van der Waals surface area (Å²) in [6.45, 7) is 3.73. The van der Waals surface area contributed by atoms with E-state index in [0.717, 1.165) is 24.3 Å². The summed E-state index contributed by atoms with van der Waals surface area (Å²) in [5.41, 5.74) is 0.914. The molecule has 1 N–H and O–H groups in total. The number of hydrogen-bond acceptors (Lipinski definition) is 4. The molecular formula is C14H24N2O3S. The Morgan fingerprint density at radius 1 is 1.30 bits per heavy atom. The van der Waals surface area contributed by atoms with Crippen LogP contribution < -0.4 is 10.1 Å². The van der Waals surface area contributed by atoms with Crippen molar-refractivity contribution in [2.45, 2.75) is 19.9 Å². The molecule has 0 saturated heterocycles. The van der Waals surface area contributed by atoms with Crippen LogP contribution in [0.1, 0.15) is 18.9 Å². The average Bonchev–Trinajstić information content (AvgIpc) is 2.44. The van der Waals surface area contributed by atoms with Crippen LogP contribution >= 0.6 is 0 Å². The summed E-state index contributed by atoms with van der Waals surface area (Å²) < 4.78 is 30.7. The highest BCUT2D eigenvalue weighted by Crippen LogP contribution is 2.15. The molecule has 0 spiro atoms. The molecule has 0 aliphatic rings. The summed E-state index contributed by atoms with van der Waals surface area (Å²) in [7, 11) is -0.0265. The zero-order chi connectivity index (χ0) is 15.0. The first-order valence-electron chi connectivity index (χ1n) is 6.77. The Balaban J connectivity index is 2.57. The molecule has 0 amide bonds. The molecule has 1 aromatic carbocycles. The van der Waals surface area contributed by atoms with E-state index in [2.05, 4.69) is 12.2 Å². The second kappa shape index (κ2) is 8.24. The molecule has 0 atom stereocenters. The molecule has 1 rings (SSSR count). The summed E-state index contributed by atoms with van der Waals surface area (Å²) in [4.78, 5) is 0. The number of hydrogen-bond donors (Lipinski definition) is 1. The minimum Gasteiger partial charge on any atom is -0.497 e. The molecule has 0 unspecified atom stereocenters. The van der Waals surface area contributed by atoms with Crippen LogP contribution in [0.5, 0.6) is 5.75 Å². The van der Waals surface area contributed by atoms with Gasteiger partial charge in [-0.1, -0.05) is 19.1 Å². The lowest BCUT2D eigenvalue weighted by molar-refractivity contribution is 0.412. The highest BCUT2D eigenvalue weighted by atomic mass is 32.2. The molecule has 0 aromatic heterocycles. The Kier molecular flexibility index (Phi) is 6.98. The maximum Gasteiger partial charge on any atom is 0.215 e. The van der Waals surface area contributed by atoms with E-state index in [1.165, 1.54) is 4.31 Å². The van der Waals surface area contributed by atoms with Crippen LogP contribution in [0, 0.1) is 0 Å². The largest absolute Gasteiger partial charge is 0.497 e. The van der Waals surface area contributed by atoms with Crippen molar-refractivity contribution in [1.82, 2.24) is 9.62 Å². The van der Waals surface area contributed by atoms with Crippen LogP contribution in [0.25, 0.3) is 0 Å². The Morgan fingerprint density at radius 3 is 2.70 bits per heavy atom. The van der Waals surface area contributed by atoms with Gasteiger partial charge < -0.3 is 10.1 Å². The molecule has 0 radical (unpaired) electrons. The van der Waals surface area contributed by atoms with Gasteiger partial charge in [-0.15, -0.1) is 0 Å². The van der Waals surface area contributed by atoms with Gasteiger partial charge in [-0.05, 0) is 30.7 Å². The highest BCUT2D eigenvalue weighted by Gasteiger charge is 2.17. The third-order valence-electron chi connectivity index (χ3n) is 2.98. The predicted octanol–water partition coefficient (Wildman–Crippen LogP) is 1.46. The molecule has 0 fully saturated rings. The van der Waals surface area contributed by atoms with E-state index < -0.39 is 10.0 Å². The number of methoxy groups -OCH3 is 1. The second-order valence-corrected chi connectivity index (χ2v) is 6.87. The first kappa shape index (κ1) is 16.9. The van der Waals surface area contributed by atoms with Gasteiger partial charge >= 0.3 is 0 Å². The van der Waals surface area contributed by atoms with Crippen molar-refractivity contribution in [3.05, 3.63) is 29.8 Å². The van der Waals surface area contributed by atoms with Crippen LogP contribution in [0.3, 0.4) is 0 Å². The van der Waals surface area contributed by atoms with E-state index in [0.29, 0.717) is 13.1 Å². The lowest BCUT2D eigenvalue weighted by atomic mass is 10.2. The molecule has 114 valence electrons. The predicted molar refractivity (Wildman–Crippen MR) is 81.4 cm³/mol. The minimum absolute atomic E-state index is 0.119. The SMILES string of the molecule is CCCNCCS(=O)(=O)N(C)Cc1cccc(OC)c1. The van der Waals surface area contributed by atoms with E-state index in [-0.39, 0.29) is 5.75 Å². The molecule has 0 bridgehead atoms. The molecule has 20 heavy (non-hydrogen) atoms. The van der Waals surface area contributed by atoms with Crippen LogP contribution in [-0.2, 0) is 16.6 Å². The molecule has 0 heterocycles. The van der Waals surface area contributed by atoms with Crippen LogP contribution in [-0.4, -0.2) is 45.7 Å². The number of benzene rings is 1. The minimum atomic E-state index is -3.23. The fraction of sp³-hybridized carbons (Fsp3) is 0.571. The van der Waals surface area contributed by atoms with Gasteiger partial charge in [0, 0.05) is 20.1 Å². The van der Waals surface area contributed by atoms with Gasteiger partial charge in [-0.2, -0.15) is 0 Å². The third kappa shape index (κ3) is 5.48. The summed E-state index contributed by atoms with van der Waals surface area (Å²) in [6.07, 6.45) is 1.000. The van der Waals surface area contributed by atoms with Gasteiger partial charge in [0.2, 0.25) is 10.0 Å². The molecule has 1 aromatic rings. The van der Waals surface area contributed by atoms with Crippen LogP contribution in [0.4, 0.5) is 0 Å². The molecule has 0 saturated carbocycles. The first-order valence-corrected chi connectivity index (χ1v) is 8.38. The van der Waals surface area contributed by atoms with Gasteiger partial charge in [-0.25, -0.2) is 12.7 Å². The van der Waals surface area contributed by atoms with Gasteiger partial charge in [-0.3, -0.25) is 0 Å². The van der Waals surface area contributed by atoms with E-state index in [9.17, 15) is 8.42 Å². The van der Waals surface area contributed by atoms with E-state index in [4.69, 9.17) is 4.74 Å². The van der Waals surface area contributed by atoms with Crippen molar-refractivity contribution in [3.63, 3.8) is 0 Å². The van der Waals surface area contributed by atoms with Gasteiger partial charge in [0.15, 0.2) is 0 Å². The van der Waals surface area contributed by atoms with E-state index in [1.54, 1.807) is 14.2 Å². The maximum atomic E-state index is 12.1. The normalized spacial score (nSPS) is 11.8. The molecular weight excluding hydrogens is 276 g/mol. The smallest absolute Gasteiger partial charge is 0.215 e. The Labute approximate surface area is 122 Å². The van der Waals surface area contributed by atoms with Crippen molar-refractivity contribution < 1.29 is 13.2 Å². The van der Waals surface area contributed by atoms with Crippen molar-refractivity contribution in [1.29, 1.82) is 0 Å². The fourth-order valence-electron chi connectivity index (χ4n) is 1.79. The number of nitrogens with zero attached hydrogens (tertiary/aromatic N) is 1. The molecule has 5 nitrogen and oxygen atoms in total. The molecule has 0 aliphatic carbocycles. The summed E-state index contributed by atoms with van der Waals surface area (Å²) in [5, 5.41) is 3.10. The number of rotatable bonds is 9. The van der Waals surface area contributed by atoms with Crippen LogP contribution in [0.2, 0.25) is 0 Å². The van der Waals surface area contributed by atoms with E-state index in [1.807, 2.05) is 24.3 Å². The first-order chi connectivity index (χ1) is 9.49. The lowest BCUT2D eigenvalue weighted by Crippen LogP contribution is -2.33. The Hall–Kier alpha value is -1.11. The lowest BCUT2D eigenvalue weighted by Gasteiger charge is -2.17. The van der Waals surface area contributed by atoms with Crippen LogP contribution in [0.15, 0.2) is 24.3 Å².